The quantitative estimate of drug-likeness (QED) is 0.295. The molecule has 0 aromatic heterocycles. The second-order valence-electron chi connectivity index (χ2n) is 6.84. The molecule has 0 saturated carbocycles. The Morgan fingerprint density at radius 1 is 1.50 bits per heavy atom. The van der Waals surface area contributed by atoms with Crippen LogP contribution in [-0.4, -0.2) is 49.7 Å². The number of benzene rings is 1. The molecule has 1 aromatic rings. The second kappa shape index (κ2) is 9.25. The number of rotatable bonds is 3. The minimum atomic E-state index is -0.225. The van der Waals surface area contributed by atoms with Crippen molar-refractivity contribution < 1.29 is 9.18 Å². The summed E-state index contributed by atoms with van der Waals surface area (Å²) >= 11 is 1.61. The molecule has 144 valence electrons. The van der Waals surface area contributed by atoms with Crippen LogP contribution in [0.5, 0.6) is 0 Å². The van der Waals surface area contributed by atoms with Gasteiger partial charge in [-0.25, -0.2) is 4.39 Å². The number of nitrogens with zero attached hydrogens (tertiary/aromatic N) is 2. The topological polar surface area (TPSA) is 56.7 Å². The van der Waals surface area contributed by atoms with Gasteiger partial charge in [0.25, 0.3) is 0 Å². The van der Waals surface area contributed by atoms with Gasteiger partial charge in [-0.15, -0.1) is 35.7 Å². The first-order valence-electron chi connectivity index (χ1n) is 8.60. The lowest BCUT2D eigenvalue weighted by molar-refractivity contribution is -0.119. The van der Waals surface area contributed by atoms with Gasteiger partial charge < -0.3 is 15.5 Å². The number of carbonyl (C=O) groups excluding carboxylic acids is 1. The number of guanidine groups is 1. The number of piperidine rings is 1. The van der Waals surface area contributed by atoms with E-state index in [0.29, 0.717) is 13.0 Å². The van der Waals surface area contributed by atoms with Crippen LogP contribution in [0, 0.1) is 11.2 Å². The molecule has 1 atom stereocenters. The Balaban J connectivity index is 0.00000243. The largest absolute Gasteiger partial charge is 0.355 e. The lowest BCUT2D eigenvalue weighted by atomic mass is 9.79. The average Bonchev–Trinajstić information content (AvgIpc) is 2.95. The highest BCUT2D eigenvalue weighted by atomic mass is 127. The van der Waals surface area contributed by atoms with Crippen LogP contribution < -0.4 is 10.6 Å². The van der Waals surface area contributed by atoms with Crippen molar-refractivity contribution in [2.75, 3.05) is 32.9 Å². The summed E-state index contributed by atoms with van der Waals surface area (Å²) in [5.74, 6) is 0.737. The van der Waals surface area contributed by atoms with Crippen LogP contribution >= 0.6 is 35.7 Å². The highest BCUT2D eigenvalue weighted by Gasteiger charge is 2.42. The molecule has 2 aliphatic rings. The molecule has 0 bridgehead atoms. The predicted molar refractivity (Wildman–Crippen MR) is 115 cm³/mol. The zero-order valence-electron chi connectivity index (χ0n) is 15.2. The van der Waals surface area contributed by atoms with Gasteiger partial charge in [0.15, 0.2) is 5.96 Å². The highest BCUT2D eigenvalue weighted by molar-refractivity contribution is 14.0. The molecule has 26 heavy (non-hydrogen) atoms. The van der Waals surface area contributed by atoms with Crippen LogP contribution in [0.1, 0.15) is 24.8 Å². The van der Waals surface area contributed by atoms with Crippen molar-refractivity contribution in [2.45, 2.75) is 30.7 Å². The molecule has 1 amide bonds. The standard InChI is InChI=1S/C18H25FN4OS.HI/c1-20-17(21-10-13-8-14(19)4-5-15(13)25-2)23-7-3-6-18(12-23)9-16(24)22-11-18;/h4-5,8H,3,6-7,9-12H2,1-2H3,(H,20,21)(H,22,24);1H. The molecule has 2 N–H and O–H groups in total. The van der Waals surface area contributed by atoms with Gasteiger partial charge >= 0.3 is 0 Å². The first kappa shape index (κ1) is 21.3. The Morgan fingerprint density at radius 2 is 2.31 bits per heavy atom. The van der Waals surface area contributed by atoms with E-state index < -0.39 is 0 Å². The Bertz CT molecular complexity index is 687. The third-order valence-corrected chi connectivity index (χ3v) is 5.89. The first-order chi connectivity index (χ1) is 12.0. The number of nitrogens with one attached hydrogen (secondary N) is 2. The SMILES string of the molecule is CN=C(NCc1cc(F)ccc1SC)N1CCCC2(CNC(=O)C2)C1.I. The maximum atomic E-state index is 13.6. The summed E-state index contributed by atoms with van der Waals surface area (Å²) in [7, 11) is 1.77. The highest BCUT2D eigenvalue weighted by Crippen LogP contribution is 2.36. The molecule has 2 aliphatic heterocycles. The summed E-state index contributed by atoms with van der Waals surface area (Å²) in [5, 5.41) is 6.33. The van der Waals surface area contributed by atoms with Crippen molar-refractivity contribution in [3.05, 3.63) is 29.6 Å². The molecule has 0 radical (unpaired) electrons. The van der Waals surface area contributed by atoms with Crippen LogP contribution in [0.2, 0.25) is 0 Å². The molecule has 5 nitrogen and oxygen atoms in total. The second-order valence-corrected chi connectivity index (χ2v) is 7.68. The fraction of sp³-hybridized carbons (Fsp3) is 0.556. The summed E-state index contributed by atoms with van der Waals surface area (Å²) in [6, 6.07) is 4.87. The third-order valence-electron chi connectivity index (χ3n) is 5.05. The number of halogens is 2. The number of hydrogen-bond acceptors (Lipinski definition) is 3. The molecule has 1 spiro atoms. The van der Waals surface area contributed by atoms with E-state index >= 15 is 0 Å². The molecule has 1 aromatic carbocycles. The van der Waals surface area contributed by atoms with Gasteiger partial charge in [-0.1, -0.05) is 0 Å². The fourth-order valence-electron chi connectivity index (χ4n) is 3.82. The van der Waals surface area contributed by atoms with Crippen LogP contribution in [-0.2, 0) is 11.3 Å². The van der Waals surface area contributed by atoms with E-state index in [2.05, 4.69) is 20.5 Å². The summed E-state index contributed by atoms with van der Waals surface area (Å²) in [6.07, 6.45) is 4.70. The molecular weight excluding hydrogens is 466 g/mol. The lowest BCUT2D eigenvalue weighted by Gasteiger charge is -2.40. The molecular formula is C18H26FIN4OS. The van der Waals surface area contributed by atoms with Crippen molar-refractivity contribution in [1.29, 1.82) is 0 Å². The predicted octanol–water partition coefficient (Wildman–Crippen LogP) is 2.84. The van der Waals surface area contributed by atoms with E-state index in [0.717, 1.165) is 48.9 Å². The molecule has 2 saturated heterocycles. The maximum absolute atomic E-state index is 13.6. The average molecular weight is 492 g/mol. The van der Waals surface area contributed by atoms with Gasteiger partial charge in [0.1, 0.15) is 5.82 Å². The molecule has 3 rings (SSSR count). The number of aliphatic imine (C=N–C) groups is 1. The molecule has 1 unspecified atom stereocenters. The van der Waals surface area contributed by atoms with Crippen LogP contribution in [0.4, 0.5) is 4.39 Å². The van der Waals surface area contributed by atoms with Gasteiger partial charge in [-0.05, 0) is 42.9 Å². The molecule has 2 fully saturated rings. The van der Waals surface area contributed by atoms with E-state index in [-0.39, 0.29) is 41.1 Å². The number of amides is 1. The van der Waals surface area contributed by atoms with Crippen LogP contribution in [0.3, 0.4) is 0 Å². The number of carbonyl (C=O) groups is 1. The van der Waals surface area contributed by atoms with Crippen LogP contribution in [0.25, 0.3) is 0 Å². The van der Waals surface area contributed by atoms with E-state index in [1.165, 1.54) is 6.07 Å². The zero-order chi connectivity index (χ0) is 17.9. The Labute approximate surface area is 175 Å². The third kappa shape index (κ3) is 4.82. The number of thioether (sulfide) groups is 1. The first-order valence-corrected chi connectivity index (χ1v) is 9.82. The van der Waals surface area contributed by atoms with E-state index in [1.807, 2.05) is 12.3 Å². The van der Waals surface area contributed by atoms with Gasteiger partial charge in [0.05, 0.1) is 0 Å². The Morgan fingerprint density at radius 3 is 2.96 bits per heavy atom. The molecule has 8 heteroatoms. The smallest absolute Gasteiger partial charge is 0.220 e. The van der Waals surface area contributed by atoms with Gasteiger partial charge in [-0.3, -0.25) is 9.79 Å². The van der Waals surface area contributed by atoms with Crippen molar-refractivity contribution in [1.82, 2.24) is 15.5 Å². The van der Waals surface area contributed by atoms with Crippen molar-refractivity contribution in [3.63, 3.8) is 0 Å². The van der Waals surface area contributed by atoms with E-state index in [9.17, 15) is 9.18 Å². The Hall–Kier alpha value is -1.03. The molecule has 0 aliphatic carbocycles. The monoisotopic (exact) mass is 492 g/mol. The molecule has 2 heterocycles. The summed E-state index contributed by atoms with van der Waals surface area (Å²) in [6.45, 7) is 3.03. The fourth-order valence-corrected chi connectivity index (χ4v) is 4.42. The summed E-state index contributed by atoms with van der Waals surface area (Å²) in [4.78, 5) is 19.4. The summed E-state index contributed by atoms with van der Waals surface area (Å²) < 4.78 is 13.6. The van der Waals surface area contributed by atoms with E-state index in [4.69, 9.17) is 0 Å². The van der Waals surface area contributed by atoms with Gasteiger partial charge in [0.2, 0.25) is 5.91 Å². The number of likely N-dealkylation sites (tertiary alicyclic amines) is 1. The van der Waals surface area contributed by atoms with Crippen molar-refractivity contribution in [3.8, 4) is 0 Å². The normalized spacial score (nSPS) is 23.0. The van der Waals surface area contributed by atoms with E-state index in [1.54, 1.807) is 24.9 Å². The lowest BCUT2D eigenvalue weighted by Crippen LogP contribution is -2.51. The Kier molecular flexibility index (Phi) is 7.57. The minimum absolute atomic E-state index is 0. The number of hydrogen-bond donors (Lipinski definition) is 2. The van der Waals surface area contributed by atoms with Crippen molar-refractivity contribution >= 4 is 47.6 Å². The summed E-state index contributed by atoms with van der Waals surface area (Å²) in [5.41, 5.74) is 0.953. The van der Waals surface area contributed by atoms with Crippen LogP contribution in [0.15, 0.2) is 28.1 Å². The maximum Gasteiger partial charge on any atom is 0.220 e. The zero-order valence-corrected chi connectivity index (χ0v) is 18.3. The minimum Gasteiger partial charge on any atom is -0.355 e. The van der Waals surface area contributed by atoms with Crippen molar-refractivity contribution in [2.24, 2.45) is 10.4 Å². The van der Waals surface area contributed by atoms with Gasteiger partial charge in [0, 0.05) is 50.0 Å². The van der Waals surface area contributed by atoms with Gasteiger partial charge in [-0.2, -0.15) is 0 Å².